The molecular formula is C21H18N4O2. The van der Waals surface area contributed by atoms with Gasteiger partial charge in [-0.1, -0.05) is 29.8 Å². The van der Waals surface area contributed by atoms with E-state index in [9.17, 15) is 4.79 Å². The van der Waals surface area contributed by atoms with Crippen LogP contribution in [0.4, 0.5) is 17.3 Å². The minimum absolute atomic E-state index is 0.241. The summed E-state index contributed by atoms with van der Waals surface area (Å²) in [7, 11) is 0. The number of rotatable bonds is 5. The van der Waals surface area contributed by atoms with Gasteiger partial charge in [0.2, 0.25) is 5.95 Å². The molecule has 0 atom stereocenters. The maximum atomic E-state index is 12.6. The third kappa shape index (κ3) is 3.64. The molecule has 2 aromatic heterocycles. The van der Waals surface area contributed by atoms with Gasteiger partial charge >= 0.3 is 5.63 Å². The van der Waals surface area contributed by atoms with Crippen molar-refractivity contribution in [2.24, 2.45) is 0 Å². The Balaban J connectivity index is 1.77. The molecule has 0 amide bonds. The first-order valence-electron chi connectivity index (χ1n) is 8.60. The first-order chi connectivity index (χ1) is 13.2. The van der Waals surface area contributed by atoms with Crippen molar-refractivity contribution < 1.29 is 4.42 Å². The molecule has 0 saturated carbocycles. The van der Waals surface area contributed by atoms with Gasteiger partial charge < -0.3 is 15.1 Å². The molecule has 2 N–H and O–H groups in total. The van der Waals surface area contributed by atoms with Crippen molar-refractivity contribution in [3.05, 3.63) is 88.5 Å². The summed E-state index contributed by atoms with van der Waals surface area (Å²) in [5.74, 6) is 0.450. The molecule has 0 fully saturated rings. The first kappa shape index (κ1) is 16.8. The van der Waals surface area contributed by atoms with Crippen molar-refractivity contribution in [1.29, 1.82) is 0 Å². The molecule has 0 aliphatic carbocycles. The molecule has 0 radical (unpaired) electrons. The zero-order valence-electron chi connectivity index (χ0n) is 14.8. The van der Waals surface area contributed by atoms with E-state index in [1.807, 2.05) is 49.4 Å². The van der Waals surface area contributed by atoms with E-state index in [1.54, 1.807) is 24.5 Å². The van der Waals surface area contributed by atoms with Crippen LogP contribution in [0.15, 0.2) is 76.2 Å². The molecule has 0 aliphatic rings. The molecule has 0 bridgehead atoms. The van der Waals surface area contributed by atoms with Crippen molar-refractivity contribution >= 4 is 28.3 Å². The van der Waals surface area contributed by atoms with Gasteiger partial charge in [0.25, 0.3) is 0 Å². The van der Waals surface area contributed by atoms with E-state index in [0.717, 1.165) is 11.1 Å². The highest BCUT2D eigenvalue weighted by molar-refractivity contribution is 5.93. The van der Waals surface area contributed by atoms with Gasteiger partial charge in [0, 0.05) is 23.5 Å². The lowest BCUT2D eigenvalue weighted by molar-refractivity contribution is 0.552. The number of aryl methyl sites for hydroxylation is 1. The van der Waals surface area contributed by atoms with Crippen LogP contribution in [0, 0.1) is 6.92 Å². The Morgan fingerprint density at radius 3 is 2.48 bits per heavy atom. The maximum Gasteiger partial charge on any atom is 0.343 e. The lowest BCUT2D eigenvalue weighted by atomic mass is 10.1. The zero-order valence-corrected chi connectivity index (χ0v) is 14.8. The molecule has 2 heterocycles. The van der Waals surface area contributed by atoms with E-state index in [-0.39, 0.29) is 6.54 Å². The van der Waals surface area contributed by atoms with Crippen LogP contribution in [-0.4, -0.2) is 9.97 Å². The van der Waals surface area contributed by atoms with Crippen molar-refractivity contribution in [1.82, 2.24) is 9.97 Å². The maximum absolute atomic E-state index is 12.6. The topological polar surface area (TPSA) is 80.0 Å². The number of hydrogen-bond donors (Lipinski definition) is 2. The van der Waals surface area contributed by atoms with Crippen LogP contribution < -0.4 is 16.3 Å². The van der Waals surface area contributed by atoms with Crippen molar-refractivity contribution in [3.63, 3.8) is 0 Å². The summed E-state index contributed by atoms with van der Waals surface area (Å²) >= 11 is 0. The Kier molecular flexibility index (Phi) is 4.53. The molecule has 27 heavy (non-hydrogen) atoms. The first-order valence-corrected chi connectivity index (χ1v) is 8.60. The van der Waals surface area contributed by atoms with E-state index < -0.39 is 5.63 Å². The Hall–Kier alpha value is -3.67. The average Bonchev–Trinajstić information content (AvgIpc) is 2.70. The third-order valence-electron chi connectivity index (χ3n) is 4.22. The number of anilines is 3. The van der Waals surface area contributed by atoms with Gasteiger partial charge in [-0.25, -0.2) is 14.8 Å². The summed E-state index contributed by atoms with van der Waals surface area (Å²) in [5, 5.41) is 7.30. The molecule has 6 heteroatoms. The van der Waals surface area contributed by atoms with Crippen molar-refractivity contribution in [2.75, 3.05) is 10.6 Å². The summed E-state index contributed by atoms with van der Waals surface area (Å²) in [6.07, 6.45) is 3.29. The van der Waals surface area contributed by atoms with E-state index >= 15 is 0 Å². The fourth-order valence-corrected chi connectivity index (χ4v) is 2.83. The summed E-state index contributed by atoms with van der Waals surface area (Å²) < 4.78 is 5.50. The third-order valence-corrected chi connectivity index (χ3v) is 4.22. The molecule has 0 saturated heterocycles. The summed E-state index contributed by atoms with van der Waals surface area (Å²) in [5.41, 5.74) is 3.41. The van der Waals surface area contributed by atoms with Crippen LogP contribution in [0.3, 0.4) is 0 Å². The van der Waals surface area contributed by atoms with Crippen molar-refractivity contribution in [2.45, 2.75) is 13.5 Å². The molecule has 0 spiro atoms. The van der Waals surface area contributed by atoms with Crippen LogP contribution in [0.2, 0.25) is 0 Å². The van der Waals surface area contributed by atoms with Crippen LogP contribution in [-0.2, 0) is 6.54 Å². The number of aromatic nitrogens is 2. The second-order valence-electron chi connectivity index (χ2n) is 6.16. The number of para-hydroxylation sites is 1. The Bertz CT molecular complexity index is 1120. The molecule has 4 aromatic rings. The molecule has 2 aromatic carbocycles. The van der Waals surface area contributed by atoms with Gasteiger partial charge in [0.1, 0.15) is 5.58 Å². The minimum Gasteiger partial charge on any atom is -0.422 e. The number of nitrogens with one attached hydrogen (secondary N) is 2. The SMILES string of the molecule is Cc1ccc(Nc2c(CNc3ncccn3)c(=O)oc3ccccc23)cc1. The summed E-state index contributed by atoms with van der Waals surface area (Å²) in [6, 6.07) is 17.2. The fraction of sp³-hybridized carbons (Fsp3) is 0.0952. The monoisotopic (exact) mass is 358 g/mol. The molecule has 0 aliphatic heterocycles. The van der Waals surface area contributed by atoms with Gasteiger partial charge in [-0.2, -0.15) is 0 Å². The molecular weight excluding hydrogens is 340 g/mol. The predicted molar refractivity (Wildman–Crippen MR) is 106 cm³/mol. The van der Waals surface area contributed by atoms with Crippen LogP contribution in [0.25, 0.3) is 11.0 Å². The molecule has 134 valence electrons. The largest absolute Gasteiger partial charge is 0.422 e. The van der Waals surface area contributed by atoms with Gasteiger partial charge in [-0.3, -0.25) is 0 Å². The van der Waals surface area contributed by atoms with E-state index in [2.05, 4.69) is 20.6 Å². The second-order valence-corrected chi connectivity index (χ2v) is 6.16. The lowest BCUT2D eigenvalue weighted by Gasteiger charge is -2.14. The fourth-order valence-electron chi connectivity index (χ4n) is 2.83. The highest BCUT2D eigenvalue weighted by atomic mass is 16.4. The zero-order chi connectivity index (χ0) is 18.6. The Morgan fingerprint density at radius 1 is 0.963 bits per heavy atom. The number of hydrogen-bond acceptors (Lipinski definition) is 6. The van der Waals surface area contributed by atoms with E-state index in [4.69, 9.17) is 4.42 Å². The van der Waals surface area contributed by atoms with Gasteiger partial charge in [-0.15, -0.1) is 0 Å². The Labute approximate surface area is 155 Å². The molecule has 4 rings (SSSR count). The summed E-state index contributed by atoms with van der Waals surface area (Å²) in [6.45, 7) is 2.27. The normalized spacial score (nSPS) is 10.7. The Morgan fingerprint density at radius 2 is 1.70 bits per heavy atom. The number of benzene rings is 2. The highest BCUT2D eigenvalue weighted by Gasteiger charge is 2.15. The van der Waals surface area contributed by atoms with E-state index in [0.29, 0.717) is 22.8 Å². The van der Waals surface area contributed by atoms with Crippen LogP contribution in [0.1, 0.15) is 11.1 Å². The predicted octanol–water partition coefficient (Wildman–Crippen LogP) is 4.25. The van der Waals surface area contributed by atoms with Crippen molar-refractivity contribution in [3.8, 4) is 0 Å². The second kappa shape index (κ2) is 7.29. The lowest BCUT2D eigenvalue weighted by Crippen LogP contribution is -2.16. The van der Waals surface area contributed by atoms with Crippen LogP contribution >= 0.6 is 0 Å². The number of fused-ring (bicyclic) bond motifs is 1. The summed E-state index contributed by atoms with van der Waals surface area (Å²) in [4.78, 5) is 20.9. The molecule has 6 nitrogen and oxygen atoms in total. The number of nitrogens with zero attached hydrogens (tertiary/aromatic N) is 2. The van der Waals surface area contributed by atoms with Crippen LogP contribution in [0.5, 0.6) is 0 Å². The highest BCUT2D eigenvalue weighted by Crippen LogP contribution is 2.28. The standard InChI is InChI=1S/C21H18N4O2/c1-14-7-9-15(10-8-14)25-19-16-5-2-3-6-18(16)27-20(26)17(19)13-24-21-22-11-4-12-23-21/h2-12,25H,13H2,1H3,(H,22,23,24). The van der Waals surface area contributed by atoms with Gasteiger partial charge in [0.15, 0.2) is 0 Å². The quantitative estimate of drug-likeness (QED) is 0.519. The van der Waals surface area contributed by atoms with E-state index in [1.165, 1.54) is 5.56 Å². The average molecular weight is 358 g/mol. The minimum atomic E-state index is -0.397. The van der Waals surface area contributed by atoms with Gasteiger partial charge in [0.05, 0.1) is 17.8 Å². The smallest absolute Gasteiger partial charge is 0.343 e. The molecule has 0 unspecified atom stereocenters. The van der Waals surface area contributed by atoms with Gasteiger partial charge in [-0.05, 0) is 37.3 Å².